The second-order valence-electron chi connectivity index (χ2n) is 2.14. The van der Waals surface area contributed by atoms with Crippen molar-refractivity contribution >= 4 is 23.1 Å². The second-order valence-corrected chi connectivity index (χ2v) is 3.18. The van der Waals surface area contributed by atoms with Crippen molar-refractivity contribution in [3.05, 3.63) is 29.1 Å². The first kappa shape index (κ1) is 7.64. The molecule has 0 N–H and O–H groups in total. The normalized spacial score (nSPS) is 10.1. The Labute approximate surface area is 78.2 Å². The van der Waals surface area contributed by atoms with E-state index in [1.807, 2.05) is 5.38 Å². The summed E-state index contributed by atoms with van der Waals surface area (Å²) in [5.41, 5.74) is 1.71. The Morgan fingerprint density at radius 3 is 2.83 bits per heavy atom. The summed E-state index contributed by atoms with van der Waals surface area (Å²) in [4.78, 5) is 8.01. The fourth-order valence-electron chi connectivity index (χ4n) is 0.813. The highest BCUT2D eigenvalue weighted by Crippen LogP contribution is 2.17. The molecule has 0 bridgehead atoms. The zero-order valence-corrected chi connectivity index (χ0v) is 7.51. The molecule has 2 aromatic heterocycles. The fourth-order valence-corrected chi connectivity index (χ4v) is 1.49. The van der Waals surface area contributed by atoms with E-state index in [2.05, 4.69) is 14.3 Å². The highest BCUT2D eigenvalue weighted by atomic mass is 35.5. The number of nitrogens with zero attached hydrogens (tertiary/aromatic N) is 3. The Balaban J connectivity index is 2.48. The molecule has 2 rings (SSSR count). The molecule has 0 aliphatic rings. The Morgan fingerprint density at radius 2 is 2.17 bits per heavy atom. The van der Waals surface area contributed by atoms with Gasteiger partial charge in [0.05, 0.1) is 24.3 Å². The molecule has 0 unspecified atom stereocenters. The largest absolute Gasteiger partial charge is 0.259 e. The van der Waals surface area contributed by atoms with Crippen LogP contribution in [0, 0.1) is 0 Å². The lowest BCUT2D eigenvalue weighted by Crippen LogP contribution is -1.83. The smallest absolute Gasteiger partial charge is 0.148 e. The van der Waals surface area contributed by atoms with E-state index >= 15 is 0 Å². The maximum absolute atomic E-state index is 5.67. The van der Waals surface area contributed by atoms with Crippen LogP contribution in [0.3, 0.4) is 0 Å². The minimum Gasteiger partial charge on any atom is -0.259 e. The van der Waals surface area contributed by atoms with Crippen LogP contribution in [0.1, 0.15) is 0 Å². The zero-order chi connectivity index (χ0) is 8.39. The van der Waals surface area contributed by atoms with Crippen molar-refractivity contribution in [2.75, 3.05) is 0 Å². The quantitative estimate of drug-likeness (QED) is 0.704. The van der Waals surface area contributed by atoms with Gasteiger partial charge in [-0.25, -0.2) is 9.36 Å². The Morgan fingerprint density at radius 1 is 1.25 bits per heavy atom. The van der Waals surface area contributed by atoms with Gasteiger partial charge in [-0.1, -0.05) is 11.6 Å². The first-order valence-corrected chi connectivity index (χ1v) is 4.45. The summed E-state index contributed by atoms with van der Waals surface area (Å²) in [7, 11) is 0. The van der Waals surface area contributed by atoms with E-state index in [9.17, 15) is 0 Å². The Bertz CT molecular complexity index is 374. The predicted octanol–water partition coefficient (Wildman–Crippen LogP) is 2.25. The van der Waals surface area contributed by atoms with E-state index < -0.39 is 0 Å². The fraction of sp³-hybridized carbons (Fsp3) is 0. The van der Waals surface area contributed by atoms with Crippen LogP contribution in [0.2, 0.25) is 5.15 Å². The van der Waals surface area contributed by atoms with Crippen molar-refractivity contribution in [3.8, 4) is 11.3 Å². The summed E-state index contributed by atoms with van der Waals surface area (Å²) in [6.45, 7) is 0. The zero-order valence-electron chi connectivity index (χ0n) is 5.94. The molecule has 0 atom stereocenters. The van der Waals surface area contributed by atoms with Crippen molar-refractivity contribution in [3.63, 3.8) is 0 Å². The van der Waals surface area contributed by atoms with Crippen LogP contribution in [-0.2, 0) is 0 Å². The van der Waals surface area contributed by atoms with Crippen LogP contribution >= 0.6 is 23.1 Å². The first-order valence-electron chi connectivity index (χ1n) is 3.23. The maximum Gasteiger partial charge on any atom is 0.148 e. The molecule has 12 heavy (non-hydrogen) atoms. The number of hydrogen-bond acceptors (Lipinski definition) is 4. The molecule has 0 spiro atoms. The van der Waals surface area contributed by atoms with E-state index in [1.54, 1.807) is 12.4 Å². The van der Waals surface area contributed by atoms with Gasteiger partial charge in [0, 0.05) is 10.9 Å². The highest BCUT2D eigenvalue weighted by molar-refractivity contribution is 7.03. The highest BCUT2D eigenvalue weighted by Gasteiger charge is 2.00. The van der Waals surface area contributed by atoms with Gasteiger partial charge in [-0.2, -0.15) is 0 Å². The summed E-state index contributed by atoms with van der Waals surface area (Å²) < 4.78 is 3.96. The molecule has 2 heterocycles. The topological polar surface area (TPSA) is 38.7 Å². The minimum absolute atomic E-state index is 0.402. The molecule has 0 fully saturated rings. The summed E-state index contributed by atoms with van der Waals surface area (Å²) in [6.07, 6.45) is 4.91. The summed E-state index contributed by atoms with van der Waals surface area (Å²) in [5.74, 6) is 0. The average Bonchev–Trinajstić information content (AvgIpc) is 2.56. The predicted molar refractivity (Wildman–Crippen MR) is 48.2 cm³/mol. The third kappa shape index (κ3) is 1.44. The van der Waals surface area contributed by atoms with E-state index in [4.69, 9.17) is 11.6 Å². The number of rotatable bonds is 1. The molecule has 0 radical (unpaired) electrons. The lowest BCUT2D eigenvalue weighted by molar-refractivity contribution is 1.21. The number of hydrogen-bond donors (Lipinski definition) is 0. The molecule has 60 valence electrons. The molecule has 0 saturated heterocycles. The van der Waals surface area contributed by atoms with Crippen LogP contribution in [-0.4, -0.2) is 14.3 Å². The number of halogens is 1. The van der Waals surface area contributed by atoms with Gasteiger partial charge in [-0.05, 0) is 11.5 Å². The maximum atomic E-state index is 5.67. The lowest BCUT2D eigenvalue weighted by atomic mass is 10.3. The molecule has 0 aromatic carbocycles. The van der Waals surface area contributed by atoms with Gasteiger partial charge in [0.15, 0.2) is 0 Å². The van der Waals surface area contributed by atoms with Crippen LogP contribution < -0.4 is 0 Å². The molecular formula is C7H4ClN3S. The van der Waals surface area contributed by atoms with E-state index in [1.165, 1.54) is 17.7 Å². The van der Waals surface area contributed by atoms with Crippen molar-refractivity contribution in [2.45, 2.75) is 0 Å². The van der Waals surface area contributed by atoms with Crippen LogP contribution in [0.25, 0.3) is 11.3 Å². The third-order valence-corrected chi connectivity index (χ3v) is 2.10. The van der Waals surface area contributed by atoms with E-state index in [0.29, 0.717) is 5.15 Å². The van der Waals surface area contributed by atoms with Gasteiger partial charge < -0.3 is 0 Å². The number of aromatic nitrogens is 3. The first-order chi connectivity index (χ1) is 5.86. The molecule has 0 aliphatic heterocycles. The minimum atomic E-state index is 0.402. The van der Waals surface area contributed by atoms with Crippen LogP contribution in [0.15, 0.2) is 24.0 Å². The molecule has 0 aliphatic carbocycles. The van der Waals surface area contributed by atoms with E-state index in [0.717, 1.165) is 11.3 Å². The van der Waals surface area contributed by atoms with Crippen molar-refractivity contribution < 1.29 is 0 Å². The molecule has 0 amide bonds. The molecular weight excluding hydrogens is 194 g/mol. The molecule has 3 nitrogen and oxygen atoms in total. The molecule has 5 heteroatoms. The Kier molecular flexibility index (Phi) is 2.01. The average molecular weight is 198 g/mol. The van der Waals surface area contributed by atoms with Gasteiger partial charge in [0.25, 0.3) is 0 Å². The van der Waals surface area contributed by atoms with Crippen molar-refractivity contribution in [1.82, 2.24) is 14.3 Å². The van der Waals surface area contributed by atoms with Gasteiger partial charge in [-0.3, -0.25) is 4.98 Å². The van der Waals surface area contributed by atoms with Crippen LogP contribution in [0.4, 0.5) is 0 Å². The monoisotopic (exact) mass is 197 g/mol. The summed E-state index contributed by atoms with van der Waals surface area (Å²) in [6, 6.07) is 0. The van der Waals surface area contributed by atoms with Crippen molar-refractivity contribution in [1.29, 1.82) is 0 Å². The molecule has 0 saturated carbocycles. The lowest BCUT2D eigenvalue weighted by Gasteiger charge is -1.93. The Hall–Kier alpha value is -1.00. The van der Waals surface area contributed by atoms with E-state index in [-0.39, 0.29) is 0 Å². The third-order valence-electron chi connectivity index (χ3n) is 1.33. The summed E-state index contributed by atoms with van der Waals surface area (Å²) in [5, 5.41) is 2.30. The van der Waals surface area contributed by atoms with Gasteiger partial charge in [0.1, 0.15) is 5.15 Å². The second kappa shape index (κ2) is 3.16. The van der Waals surface area contributed by atoms with Gasteiger partial charge in [-0.15, -0.1) is 0 Å². The van der Waals surface area contributed by atoms with Crippen LogP contribution in [0.5, 0.6) is 0 Å². The molecule has 2 aromatic rings. The summed E-state index contributed by atoms with van der Waals surface area (Å²) >= 11 is 7.05. The SMILES string of the molecule is Clc1cncc(-c2cnsc2)n1. The van der Waals surface area contributed by atoms with Gasteiger partial charge >= 0.3 is 0 Å². The van der Waals surface area contributed by atoms with Crippen molar-refractivity contribution in [2.24, 2.45) is 0 Å². The van der Waals surface area contributed by atoms with Gasteiger partial charge in [0.2, 0.25) is 0 Å². The standard InChI is InChI=1S/C7H4ClN3S/c8-7-3-9-2-6(11-7)5-1-10-12-4-5/h1-4H.